The quantitative estimate of drug-likeness (QED) is 0.799. The Hall–Kier alpha value is -1.53. The second-order valence-corrected chi connectivity index (χ2v) is 5.23. The third-order valence-electron chi connectivity index (χ3n) is 3.71. The highest BCUT2D eigenvalue weighted by Gasteiger charge is 2.19. The molecule has 0 aromatic heterocycles. The third kappa shape index (κ3) is 2.65. The molecule has 18 heavy (non-hydrogen) atoms. The molecule has 1 aromatic rings. The first-order valence-electron chi connectivity index (χ1n) is 6.61. The molecule has 96 valence electrons. The van der Waals surface area contributed by atoms with Crippen molar-refractivity contribution in [1.29, 1.82) is 5.26 Å². The molecule has 1 aromatic carbocycles. The Kier molecular flexibility index (Phi) is 3.88. The maximum Gasteiger partial charge on any atom is 0.0991 e. The summed E-state index contributed by atoms with van der Waals surface area (Å²) in [5, 5.41) is 8.89. The molecule has 1 aliphatic rings. The van der Waals surface area contributed by atoms with Crippen molar-refractivity contribution in [3.8, 4) is 6.07 Å². The Labute approximate surface area is 110 Å². The largest absolute Gasteiger partial charge is 0.369 e. The molecule has 1 aliphatic heterocycles. The molecule has 3 heteroatoms. The summed E-state index contributed by atoms with van der Waals surface area (Å²) in [4.78, 5) is 4.94. The lowest BCUT2D eigenvalue weighted by Gasteiger charge is -2.38. The molecule has 0 bridgehead atoms. The van der Waals surface area contributed by atoms with E-state index in [9.17, 15) is 0 Å². The van der Waals surface area contributed by atoms with Crippen molar-refractivity contribution in [1.82, 2.24) is 4.90 Å². The normalized spacial score (nSPS) is 16.9. The summed E-state index contributed by atoms with van der Waals surface area (Å²) in [6, 6.07) is 8.80. The molecule has 0 unspecified atom stereocenters. The van der Waals surface area contributed by atoms with E-state index in [0.29, 0.717) is 6.04 Å². The molecular weight excluding hydrogens is 222 g/mol. The van der Waals surface area contributed by atoms with Gasteiger partial charge in [0, 0.05) is 37.9 Å². The van der Waals surface area contributed by atoms with Gasteiger partial charge >= 0.3 is 0 Å². The van der Waals surface area contributed by atoms with Gasteiger partial charge in [0.1, 0.15) is 0 Å². The zero-order valence-electron chi connectivity index (χ0n) is 11.5. The van der Waals surface area contributed by atoms with Crippen LogP contribution in [0.3, 0.4) is 0 Å². The molecular formula is C15H21N3. The number of rotatable bonds is 2. The minimum Gasteiger partial charge on any atom is -0.369 e. The maximum atomic E-state index is 8.89. The van der Waals surface area contributed by atoms with Crippen molar-refractivity contribution < 1.29 is 0 Å². The van der Waals surface area contributed by atoms with E-state index in [1.165, 1.54) is 11.3 Å². The van der Waals surface area contributed by atoms with Crippen molar-refractivity contribution in [3.05, 3.63) is 29.3 Å². The van der Waals surface area contributed by atoms with Crippen LogP contribution in [0, 0.1) is 18.3 Å². The van der Waals surface area contributed by atoms with Crippen LogP contribution in [-0.2, 0) is 0 Å². The van der Waals surface area contributed by atoms with Crippen LogP contribution in [0.5, 0.6) is 0 Å². The van der Waals surface area contributed by atoms with E-state index in [-0.39, 0.29) is 0 Å². The molecule has 1 saturated heterocycles. The van der Waals surface area contributed by atoms with Gasteiger partial charge < -0.3 is 4.90 Å². The van der Waals surface area contributed by atoms with Gasteiger partial charge in [0.2, 0.25) is 0 Å². The van der Waals surface area contributed by atoms with Crippen molar-refractivity contribution in [2.24, 2.45) is 0 Å². The summed E-state index contributed by atoms with van der Waals surface area (Å²) in [6.45, 7) is 11.0. The second-order valence-electron chi connectivity index (χ2n) is 5.23. The highest BCUT2D eigenvalue weighted by atomic mass is 15.3. The van der Waals surface area contributed by atoms with Crippen LogP contribution in [0.2, 0.25) is 0 Å². The number of piperazine rings is 1. The maximum absolute atomic E-state index is 8.89. The van der Waals surface area contributed by atoms with Crippen molar-refractivity contribution in [3.63, 3.8) is 0 Å². The molecule has 0 radical (unpaired) electrons. The lowest BCUT2D eigenvalue weighted by atomic mass is 10.1. The number of nitrogens with zero attached hydrogens (tertiary/aromatic N) is 3. The smallest absolute Gasteiger partial charge is 0.0991 e. The summed E-state index contributed by atoms with van der Waals surface area (Å²) < 4.78 is 0. The van der Waals surface area contributed by atoms with Gasteiger partial charge in [-0.15, -0.1) is 0 Å². The van der Waals surface area contributed by atoms with Crippen molar-refractivity contribution >= 4 is 5.69 Å². The monoisotopic (exact) mass is 243 g/mol. The van der Waals surface area contributed by atoms with E-state index in [4.69, 9.17) is 5.26 Å². The van der Waals surface area contributed by atoms with Gasteiger partial charge in [-0.3, -0.25) is 4.90 Å². The zero-order valence-corrected chi connectivity index (χ0v) is 11.5. The first-order chi connectivity index (χ1) is 8.61. The summed E-state index contributed by atoms with van der Waals surface area (Å²) in [7, 11) is 0. The van der Waals surface area contributed by atoms with Crippen LogP contribution in [0.4, 0.5) is 5.69 Å². The van der Waals surface area contributed by atoms with Gasteiger partial charge in [-0.25, -0.2) is 0 Å². The molecule has 0 atom stereocenters. The molecule has 1 heterocycles. The van der Waals surface area contributed by atoms with Crippen LogP contribution >= 0.6 is 0 Å². The van der Waals surface area contributed by atoms with E-state index in [1.54, 1.807) is 0 Å². The Morgan fingerprint density at radius 1 is 1.17 bits per heavy atom. The fourth-order valence-electron chi connectivity index (χ4n) is 2.56. The van der Waals surface area contributed by atoms with Crippen LogP contribution in [-0.4, -0.2) is 37.1 Å². The molecule has 0 aliphatic carbocycles. The molecule has 0 N–H and O–H groups in total. The summed E-state index contributed by atoms with van der Waals surface area (Å²) in [6.07, 6.45) is 0. The highest BCUT2D eigenvalue weighted by molar-refractivity contribution is 5.56. The van der Waals surface area contributed by atoms with Crippen LogP contribution in [0.15, 0.2) is 18.2 Å². The summed E-state index contributed by atoms with van der Waals surface area (Å²) in [5.74, 6) is 0. The van der Waals surface area contributed by atoms with E-state index in [0.717, 1.165) is 31.7 Å². The standard InChI is InChI=1S/C15H21N3/c1-12(2)17-6-8-18(9-7-17)15-5-4-14(11-16)10-13(15)3/h4-5,10,12H,6-9H2,1-3H3. The molecule has 0 amide bonds. The lowest BCUT2D eigenvalue weighted by molar-refractivity contribution is 0.209. The van der Waals surface area contributed by atoms with E-state index in [1.807, 2.05) is 12.1 Å². The molecule has 3 nitrogen and oxygen atoms in total. The van der Waals surface area contributed by atoms with Gasteiger partial charge in [0.15, 0.2) is 0 Å². The van der Waals surface area contributed by atoms with Crippen LogP contribution < -0.4 is 4.90 Å². The summed E-state index contributed by atoms with van der Waals surface area (Å²) >= 11 is 0. The Balaban J connectivity index is 2.08. The predicted molar refractivity (Wildman–Crippen MR) is 74.8 cm³/mol. The topological polar surface area (TPSA) is 30.3 Å². The number of hydrogen-bond donors (Lipinski definition) is 0. The van der Waals surface area contributed by atoms with Gasteiger partial charge in [0.25, 0.3) is 0 Å². The Morgan fingerprint density at radius 2 is 1.83 bits per heavy atom. The molecule has 2 rings (SSSR count). The number of benzene rings is 1. The zero-order chi connectivity index (χ0) is 13.1. The predicted octanol–water partition coefficient (Wildman–Crippen LogP) is 2.40. The minimum absolute atomic E-state index is 0.634. The van der Waals surface area contributed by atoms with Crippen molar-refractivity contribution in [2.45, 2.75) is 26.8 Å². The molecule has 0 saturated carbocycles. The SMILES string of the molecule is Cc1cc(C#N)ccc1N1CCN(C(C)C)CC1. The average molecular weight is 243 g/mol. The Bertz CT molecular complexity index is 451. The Morgan fingerprint density at radius 3 is 2.33 bits per heavy atom. The van der Waals surface area contributed by atoms with Crippen LogP contribution in [0.25, 0.3) is 0 Å². The summed E-state index contributed by atoms with van der Waals surface area (Å²) in [5.41, 5.74) is 3.22. The van der Waals surface area contributed by atoms with Gasteiger partial charge in [-0.2, -0.15) is 5.26 Å². The number of anilines is 1. The van der Waals surface area contributed by atoms with E-state index in [2.05, 4.69) is 42.7 Å². The average Bonchev–Trinajstić information content (AvgIpc) is 2.38. The first kappa shape index (κ1) is 12.9. The number of hydrogen-bond acceptors (Lipinski definition) is 3. The fraction of sp³-hybridized carbons (Fsp3) is 0.533. The molecule has 1 fully saturated rings. The van der Waals surface area contributed by atoms with Gasteiger partial charge in [-0.05, 0) is 44.5 Å². The van der Waals surface area contributed by atoms with Gasteiger partial charge in [0.05, 0.1) is 11.6 Å². The first-order valence-corrected chi connectivity index (χ1v) is 6.61. The van der Waals surface area contributed by atoms with Crippen molar-refractivity contribution in [2.75, 3.05) is 31.1 Å². The van der Waals surface area contributed by atoms with Crippen LogP contribution in [0.1, 0.15) is 25.0 Å². The lowest BCUT2D eigenvalue weighted by Crippen LogP contribution is -2.49. The number of aryl methyl sites for hydroxylation is 1. The van der Waals surface area contributed by atoms with Gasteiger partial charge in [-0.1, -0.05) is 0 Å². The minimum atomic E-state index is 0.634. The second kappa shape index (κ2) is 5.41. The third-order valence-corrected chi connectivity index (χ3v) is 3.71. The van der Waals surface area contributed by atoms with E-state index >= 15 is 0 Å². The van der Waals surface area contributed by atoms with E-state index < -0.39 is 0 Å². The fourth-order valence-corrected chi connectivity index (χ4v) is 2.56. The molecule has 0 spiro atoms. The highest BCUT2D eigenvalue weighted by Crippen LogP contribution is 2.22. The number of nitriles is 1.